The molecule has 0 amide bonds. The van der Waals surface area contributed by atoms with E-state index in [0.29, 0.717) is 6.04 Å². The zero-order valence-electron chi connectivity index (χ0n) is 12.0. The normalized spacial score (nSPS) is 18.1. The van der Waals surface area contributed by atoms with Crippen LogP contribution in [0.5, 0.6) is 0 Å². The van der Waals surface area contributed by atoms with Crippen molar-refractivity contribution in [2.75, 3.05) is 0 Å². The molecule has 0 radical (unpaired) electrons. The van der Waals surface area contributed by atoms with Crippen molar-refractivity contribution in [3.05, 3.63) is 71.3 Å². The number of aryl methyl sites for hydroxylation is 2. The van der Waals surface area contributed by atoms with Crippen molar-refractivity contribution in [1.29, 1.82) is 0 Å². The zero-order chi connectivity index (χ0) is 13.8. The maximum atomic E-state index is 4.70. The number of nitrogens with zero attached hydrogens (tertiary/aromatic N) is 1. The van der Waals surface area contributed by atoms with E-state index in [9.17, 15) is 0 Å². The summed E-state index contributed by atoms with van der Waals surface area (Å²) in [5, 5.41) is 0. The molecule has 1 heterocycles. The van der Waals surface area contributed by atoms with Crippen molar-refractivity contribution in [2.24, 2.45) is 4.99 Å². The monoisotopic (exact) mass is 263 g/mol. The summed E-state index contributed by atoms with van der Waals surface area (Å²) in [7, 11) is 0. The standard InChI is InChI=1S/C19H21N/c1-15-7-14-19(20-15)18-12-10-17(11-13-18)9-8-16-5-3-2-4-6-16/h2-6,10-13,15H,7-9,14H2,1H3. The molecule has 0 saturated heterocycles. The molecule has 0 saturated carbocycles. The first kappa shape index (κ1) is 13.1. The quantitative estimate of drug-likeness (QED) is 0.773. The second-order valence-electron chi connectivity index (χ2n) is 5.65. The Morgan fingerprint density at radius 2 is 1.55 bits per heavy atom. The maximum absolute atomic E-state index is 4.70. The predicted octanol–water partition coefficient (Wildman–Crippen LogP) is 4.44. The van der Waals surface area contributed by atoms with Crippen LogP contribution in [0, 0.1) is 0 Å². The van der Waals surface area contributed by atoms with Gasteiger partial charge in [0.05, 0.1) is 0 Å². The van der Waals surface area contributed by atoms with Crippen molar-refractivity contribution < 1.29 is 0 Å². The molecule has 1 unspecified atom stereocenters. The van der Waals surface area contributed by atoms with Gasteiger partial charge >= 0.3 is 0 Å². The van der Waals surface area contributed by atoms with E-state index in [2.05, 4.69) is 61.5 Å². The summed E-state index contributed by atoms with van der Waals surface area (Å²) >= 11 is 0. The molecule has 1 atom stereocenters. The van der Waals surface area contributed by atoms with E-state index in [0.717, 1.165) is 19.3 Å². The lowest BCUT2D eigenvalue weighted by molar-refractivity contribution is 0.739. The van der Waals surface area contributed by atoms with Crippen LogP contribution in [0.15, 0.2) is 59.6 Å². The van der Waals surface area contributed by atoms with Crippen molar-refractivity contribution >= 4 is 5.71 Å². The van der Waals surface area contributed by atoms with Gasteiger partial charge in [0.15, 0.2) is 0 Å². The van der Waals surface area contributed by atoms with Crippen molar-refractivity contribution in [3.8, 4) is 0 Å². The summed E-state index contributed by atoms with van der Waals surface area (Å²) in [5.41, 5.74) is 5.40. The molecule has 0 fully saturated rings. The van der Waals surface area contributed by atoms with Crippen molar-refractivity contribution in [3.63, 3.8) is 0 Å². The fourth-order valence-corrected chi connectivity index (χ4v) is 2.76. The molecule has 2 aromatic carbocycles. The highest BCUT2D eigenvalue weighted by molar-refractivity contribution is 6.01. The SMILES string of the molecule is CC1CCC(c2ccc(CCc3ccccc3)cc2)=N1. The van der Waals surface area contributed by atoms with E-state index in [4.69, 9.17) is 4.99 Å². The summed E-state index contributed by atoms with van der Waals surface area (Å²) in [6, 6.07) is 20.2. The van der Waals surface area contributed by atoms with Gasteiger partial charge in [0.1, 0.15) is 0 Å². The Morgan fingerprint density at radius 3 is 2.15 bits per heavy atom. The van der Waals surface area contributed by atoms with Crippen LogP contribution in [0.2, 0.25) is 0 Å². The Kier molecular flexibility index (Phi) is 3.96. The minimum absolute atomic E-state index is 0.503. The Balaban J connectivity index is 1.63. The molecular weight excluding hydrogens is 242 g/mol. The fraction of sp³-hybridized carbons (Fsp3) is 0.316. The third-order valence-electron chi connectivity index (χ3n) is 4.01. The molecule has 3 rings (SSSR count). The summed E-state index contributed by atoms with van der Waals surface area (Å²) in [6.07, 6.45) is 4.54. The van der Waals surface area contributed by atoms with Crippen LogP contribution in [0.3, 0.4) is 0 Å². The highest BCUT2D eigenvalue weighted by atomic mass is 14.8. The largest absolute Gasteiger partial charge is 0.286 e. The molecule has 1 nitrogen and oxygen atoms in total. The molecule has 0 N–H and O–H groups in total. The van der Waals surface area contributed by atoms with Gasteiger partial charge in [0.2, 0.25) is 0 Å². The lowest BCUT2D eigenvalue weighted by Gasteiger charge is -2.05. The van der Waals surface area contributed by atoms with Gasteiger partial charge in [-0.05, 0) is 49.3 Å². The zero-order valence-corrected chi connectivity index (χ0v) is 12.0. The smallest absolute Gasteiger partial charge is 0.0478 e. The highest BCUT2D eigenvalue weighted by Gasteiger charge is 2.14. The molecule has 0 aromatic heterocycles. The number of hydrogen-bond acceptors (Lipinski definition) is 1. The lowest BCUT2D eigenvalue weighted by atomic mass is 10.0. The topological polar surface area (TPSA) is 12.4 Å². The third-order valence-corrected chi connectivity index (χ3v) is 4.01. The Morgan fingerprint density at radius 1 is 0.900 bits per heavy atom. The van der Waals surface area contributed by atoms with Gasteiger partial charge in [-0.15, -0.1) is 0 Å². The third kappa shape index (κ3) is 3.16. The highest BCUT2D eigenvalue weighted by Crippen LogP contribution is 2.19. The van der Waals surface area contributed by atoms with E-state index >= 15 is 0 Å². The van der Waals surface area contributed by atoms with Crippen LogP contribution < -0.4 is 0 Å². The summed E-state index contributed by atoms with van der Waals surface area (Å²) < 4.78 is 0. The van der Waals surface area contributed by atoms with E-state index in [1.54, 1.807) is 0 Å². The van der Waals surface area contributed by atoms with Gasteiger partial charge in [-0.3, -0.25) is 4.99 Å². The second kappa shape index (κ2) is 6.04. The average molecular weight is 263 g/mol. The molecule has 0 aliphatic carbocycles. The first-order valence-electron chi connectivity index (χ1n) is 7.51. The number of benzene rings is 2. The summed E-state index contributed by atoms with van der Waals surface area (Å²) in [6.45, 7) is 2.20. The van der Waals surface area contributed by atoms with Gasteiger partial charge in [-0.1, -0.05) is 54.6 Å². The number of hydrogen-bond donors (Lipinski definition) is 0. The molecule has 20 heavy (non-hydrogen) atoms. The minimum atomic E-state index is 0.503. The molecule has 2 aromatic rings. The van der Waals surface area contributed by atoms with Gasteiger partial charge < -0.3 is 0 Å². The van der Waals surface area contributed by atoms with Gasteiger partial charge in [0, 0.05) is 11.8 Å². The van der Waals surface area contributed by atoms with Crippen LogP contribution >= 0.6 is 0 Å². The van der Waals surface area contributed by atoms with Gasteiger partial charge in [0.25, 0.3) is 0 Å². The predicted molar refractivity (Wildman–Crippen MR) is 85.5 cm³/mol. The Hall–Kier alpha value is -1.89. The van der Waals surface area contributed by atoms with Crippen molar-refractivity contribution in [1.82, 2.24) is 0 Å². The molecule has 1 heteroatoms. The molecule has 0 spiro atoms. The van der Waals surface area contributed by atoms with Crippen LogP contribution in [0.25, 0.3) is 0 Å². The van der Waals surface area contributed by atoms with Crippen LogP contribution in [0.4, 0.5) is 0 Å². The maximum Gasteiger partial charge on any atom is 0.0478 e. The Labute approximate surface area is 121 Å². The van der Waals surface area contributed by atoms with Crippen LogP contribution in [0.1, 0.15) is 36.5 Å². The first-order chi connectivity index (χ1) is 9.81. The number of aliphatic imine (C=N–C) groups is 1. The van der Waals surface area contributed by atoms with Crippen LogP contribution in [-0.2, 0) is 12.8 Å². The minimum Gasteiger partial charge on any atom is -0.286 e. The van der Waals surface area contributed by atoms with E-state index in [1.807, 2.05) is 0 Å². The fourth-order valence-electron chi connectivity index (χ4n) is 2.76. The van der Waals surface area contributed by atoms with Gasteiger partial charge in [-0.2, -0.15) is 0 Å². The number of rotatable bonds is 4. The van der Waals surface area contributed by atoms with Crippen LogP contribution in [-0.4, -0.2) is 11.8 Å². The van der Waals surface area contributed by atoms with Gasteiger partial charge in [-0.25, -0.2) is 0 Å². The summed E-state index contributed by atoms with van der Waals surface area (Å²) in [4.78, 5) is 4.70. The molecule has 0 bridgehead atoms. The molecule has 1 aliphatic heterocycles. The molecular formula is C19H21N. The summed E-state index contributed by atoms with van der Waals surface area (Å²) in [5.74, 6) is 0. The first-order valence-corrected chi connectivity index (χ1v) is 7.51. The van der Waals surface area contributed by atoms with Crippen molar-refractivity contribution in [2.45, 2.75) is 38.6 Å². The van der Waals surface area contributed by atoms with E-state index in [1.165, 1.54) is 28.8 Å². The van der Waals surface area contributed by atoms with E-state index in [-0.39, 0.29) is 0 Å². The molecule has 1 aliphatic rings. The Bertz CT molecular complexity index is 581. The average Bonchev–Trinajstić information content (AvgIpc) is 2.93. The molecule has 102 valence electrons. The van der Waals surface area contributed by atoms with E-state index < -0.39 is 0 Å². The lowest BCUT2D eigenvalue weighted by Crippen LogP contribution is -1.97. The second-order valence-corrected chi connectivity index (χ2v) is 5.65.